The molecule has 0 spiro atoms. The largest absolute Gasteiger partial charge is 0.322 e. The van der Waals surface area contributed by atoms with E-state index in [-0.39, 0.29) is 11.6 Å². The number of nitrogens with zero attached hydrogens (tertiary/aromatic N) is 6. The fraction of sp³-hybridized carbons (Fsp3) is 0.323. The summed E-state index contributed by atoms with van der Waals surface area (Å²) in [4.78, 5) is 23.7. The van der Waals surface area contributed by atoms with Crippen LogP contribution >= 0.6 is 0 Å². The molecule has 0 unspecified atom stereocenters. The number of aromatic nitrogens is 6. The maximum Gasteiger partial charge on any atom is 0.253 e. The first kappa shape index (κ1) is 25.1. The van der Waals surface area contributed by atoms with Crippen LogP contribution in [0.5, 0.6) is 0 Å². The van der Waals surface area contributed by atoms with Crippen LogP contribution in [0.3, 0.4) is 0 Å². The van der Waals surface area contributed by atoms with Crippen molar-refractivity contribution >= 4 is 10.9 Å². The summed E-state index contributed by atoms with van der Waals surface area (Å²) in [5, 5.41) is 14.2. The summed E-state index contributed by atoms with van der Waals surface area (Å²) in [6, 6.07) is 20.3. The van der Waals surface area contributed by atoms with E-state index in [0.29, 0.717) is 24.5 Å². The van der Waals surface area contributed by atoms with Gasteiger partial charge in [-0.25, -0.2) is 4.68 Å². The molecule has 8 nitrogen and oxygen atoms in total. The van der Waals surface area contributed by atoms with Gasteiger partial charge in [0.2, 0.25) is 0 Å². The molecule has 3 heterocycles. The molecule has 3 aromatic heterocycles. The average molecular weight is 520 g/mol. The van der Waals surface area contributed by atoms with Crippen molar-refractivity contribution in [3.63, 3.8) is 0 Å². The monoisotopic (exact) mass is 519 g/mol. The minimum Gasteiger partial charge on any atom is -0.322 e. The number of hydrogen-bond acceptors (Lipinski definition) is 6. The van der Waals surface area contributed by atoms with E-state index in [4.69, 9.17) is 0 Å². The van der Waals surface area contributed by atoms with Gasteiger partial charge in [0.05, 0.1) is 6.04 Å². The van der Waals surface area contributed by atoms with Crippen LogP contribution in [-0.4, -0.2) is 35.1 Å². The smallest absolute Gasteiger partial charge is 0.253 e. The molecule has 1 aliphatic carbocycles. The number of hydrogen-bond donors (Lipinski definition) is 1. The summed E-state index contributed by atoms with van der Waals surface area (Å²) >= 11 is 0. The number of aryl methyl sites for hydroxylation is 2. The molecule has 8 heteroatoms. The molecular formula is C31H33N7O. The van der Waals surface area contributed by atoms with E-state index >= 15 is 0 Å². The molecule has 1 N–H and O–H groups in total. The summed E-state index contributed by atoms with van der Waals surface area (Å²) in [7, 11) is 0. The second-order valence-electron chi connectivity index (χ2n) is 10.7. The lowest BCUT2D eigenvalue weighted by Crippen LogP contribution is -2.35. The van der Waals surface area contributed by atoms with Crippen molar-refractivity contribution in [3.8, 4) is 0 Å². The number of rotatable bonds is 8. The molecule has 39 heavy (non-hydrogen) atoms. The average Bonchev–Trinajstić information content (AvgIpc) is 3.64. The van der Waals surface area contributed by atoms with Crippen molar-refractivity contribution in [1.29, 1.82) is 0 Å². The SMILES string of the molecule is Cc1cc2cc([C@H](c3nnnn3C3CCCC3)N(Cc3ccccc3)Cc3cccnc3)c(=O)[nH]c2cc1C. The van der Waals surface area contributed by atoms with Gasteiger partial charge in [-0.3, -0.25) is 14.7 Å². The quantitative estimate of drug-likeness (QED) is 0.294. The third-order valence-corrected chi connectivity index (χ3v) is 7.92. The Morgan fingerprint density at radius 2 is 1.72 bits per heavy atom. The number of fused-ring (bicyclic) bond motifs is 1. The Labute approximate surface area is 227 Å². The lowest BCUT2D eigenvalue weighted by atomic mass is 9.99. The van der Waals surface area contributed by atoms with Gasteiger partial charge in [0.25, 0.3) is 5.56 Å². The maximum absolute atomic E-state index is 13.8. The normalized spacial score (nSPS) is 14.8. The van der Waals surface area contributed by atoms with Crippen LogP contribution in [0.1, 0.15) is 71.4 Å². The van der Waals surface area contributed by atoms with E-state index in [2.05, 4.69) is 68.5 Å². The molecule has 0 saturated heterocycles. The predicted molar refractivity (Wildman–Crippen MR) is 151 cm³/mol. The van der Waals surface area contributed by atoms with Crippen molar-refractivity contribution in [2.45, 2.75) is 64.7 Å². The highest BCUT2D eigenvalue weighted by molar-refractivity contribution is 5.81. The summed E-state index contributed by atoms with van der Waals surface area (Å²) < 4.78 is 1.98. The van der Waals surface area contributed by atoms with E-state index in [1.165, 1.54) is 5.56 Å². The molecule has 1 aliphatic rings. The van der Waals surface area contributed by atoms with Gasteiger partial charge in [0, 0.05) is 36.6 Å². The highest BCUT2D eigenvalue weighted by atomic mass is 16.1. The van der Waals surface area contributed by atoms with Crippen LogP contribution in [0.4, 0.5) is 0 Å². The van der Waals surface area contributed by atoms with Crippen molar-refractivity contribution in [3.05, 3.63) is 117 Å². The maximum atomic E-state index is 13.8. The minimum absolute atomic E-state index is 0.124. The number of nitrogens with one attached hydrogen (secondary N) is 1. The van der Waals surface area contributed by atoms with Gasteiger partial charge in [-0.1, -0.05) is 49.2 Å². The van der Waals surface area contributed by atoms with Crippen LogP contribution in [-0.2, 0) is 13.1 Å². The van der Waals surface area contributed by atoms with Crippen LogP contribution in [0.15, 0.2) is 77.9 Å². The van der Waals surface area contributed by atoms with E-state index in [1.54, 1.807) is 6.20 Å². The third-order valence-electron chi connectivity index (χ3n) is 7.92. The zero-order valence-corrected chi connectivity index (χ0v) is 22.4. The summed E-state index contributed by atoms with van der Waals surface area (Å²) in [5.41, 5.74) is 5.89. The second-order valence-corrected chi connectivity index (χ2v) is 10.7. The first-order chi connectivity index (χ1) is 19.1. The van der Waals surface area contributed by atoms with Crippen molar-refractivity contribution in [1.82, 2.24) is 35.1 Å². The standard InChI is InChI=1S/C31H33N7O/c1-21-15-25-17-27(31(39)33-28(25)16-22(21)2)29(30-34-35-36-38(30)26-12-6-7-13-26)37(19-23-9-4-3-5-10-23)20-24-11-8-14-32-18-24/h3-5,8-11,14-18,26,29H,6-7,12-13,19-20H2,1-2H3,(H,33,39)/t29-/m1/s1. The first-order valence-corrected chi connectivity index (χ1v) is 13.7. The Kier molecular flexibility index (Phi) is 7.02. The molecule has 1 atom stereocenters. The summed E-state index contributed by atoms with van der Waals surface area (Å²) in [5.74, 6) is 0.704. The zero-order chi connectivity index (χ0) is 26.8. The van der Waals surface area contributed by atoms with Gasteiger partial charge in [0.15, 0.2) is 5.82 Å². The highest BCUT2D eigenvalue weighted by Crippen LogP contribution is 2.35. The molecular weight excluding hydrogens is 486 g/mol. The predicted octanol–water partition coefficient (Wildman–Crippen LogP) is 5.43. The third kappa shape index (κ3) is 5.25. The lowest BCUT2D eigenvalue weighted by molar-refractivity contribution is 0.190. The Morgan fingerprint density at radius 3 is 2.49 bits per heavy atom. The van der Waals surface area contributed by atoms with Crippen LogP contribution in [0.2, 0.25) is 0 Å². The van der Waals surface area contributed by atoms with Crippen LogP contribution in [0.25, 0.3) is 10.9 Å². The molecule has 0 aliphatic heterocycles. The summed E-state index contributed by atoms with van der Waals surface area (Å²) in [6.45, 7) is 5.36. The first-order valence-electron chi connectivity index (χ1n) is 13.7. The molecule has 2 aromatic carbocycles. The van der Waals surface area contributed by atoms with E-state index < -0.39 is 6.04 Å². The number of pyridine rings is 2. The minimum atomic E-state index is -0.462. The Bertz CT molecular complexity index is 1580. The summed E-state index contributed by atoms with van der Waals surface area (Å²) in [6.07, 6.45) is 8.06. The van der Waals surface area contributed by atoms with Gasteiger partial charge in [0.1, 0.15) is 6.04 Å². The molecule has 0 amide bonds. The molecule has 198 valence electrons. The van der Waals surface area contributed by atoms with Crippen molar-refractivity contribution in [2.24, 2.45) is 0 Å². The zero-order valence-electron chi connectivity index (χ0n) is 22.4. The van der Waals surface area contributed by atoms with Crippen molar-refractivity contribution < 1.29 is 0 Å². The number of H-pyrrole nitrogens is 1. The topological polar surface area (TPSA) is 92.6 Å². The Hall–Kier alpha value is -4.17. The molecule has 6 rings (SSSR count). The van der Waals surface area contributed by atoms with Gasteiger partial charge in [-0.05, 0) is 89.0 Å². The molecule has 1 fully saturated rings. The Balaban J connectivity index is 1.54. The lowest BCUT2D eigenvalue weighted by Gasteiger charge is -2.32. The molecule has 0 radical (unpaired) electrons. The van der Waals surface area contributed by atoms with E-state index in [1.807, 2.05) is 47.3 Å². The molecule has 0 bridgehead atoms. The second kappa shape index (κ2) is 10.9. The fourth-order valence-electron chi connectivity index (χ4n) is 5.77. The molecule has 5 aromatic rings. The Morgan fingerprint density at radius 1 is 0.974 bits per heavy atom. The number of tetrazole rings is 1. The molecule has 1 saturated carbocycles. The number of aromatic amines is 1. The van der Waals surface area contributed by atoms with E-state index in [9.17, 15) is 4.79 Å². The van der Waals surface area contributed by atoms with Gasteiger partial charge >= 0.3 is 0 Å². The van der Waals surface area contributed by atoms with Crippen LogP contribution in [0, 0.1) is 13.8 Å². The fourth-order valence-corrected chi connectivity index (χ4v) is 5.77. The van der Waals surface area contributed by atoms with Gasteiger partial charge < -0.3 is 4.98 Å². The van der Waals surface area contributed by atoms with Gasteiger partial charge in [-0.2, -0.15) is 0 Å². The van der Waals surface area contributed by atoms with E-state index in [0.717, 1.165) is 53.3 Å². The van der Waals surface area contributed by atoms with Crippen LogP contribution < -0.4 is 5.56 Å². The number of benzene rings is 2. The highest BCUT2D eigenvalue weighted by Gasteiger charge is 2.33. The van der Waals surface area contributed by atoms with Gasteiger partial charge in [-0.15, -0.1) is 5.10 Å². The van der Waals surface area contributed by atoms with Crippen molar-refractivity contribution in [2.75, 3.05) is 0 Å².